The zero-order valence-electron chi connectivity index (χ0n) is 8.86. The summed E-state index contributed by atoms with van der Waals surface area (Å²) in [6.45, 7) is 1.03. The molecule has 1 aliphatic heterocycles. The highest BCUT2D eigenvalue weighted by Crippen LogP contribution is 2.26. The van der Waals surface area contributed by atoms with Crippen LogP contribution < -0.4 is 15.8 Å². The van der Waals surface area contributed by atoms with Crippen LogP contribution in [0, 0.1) is 0 Å². The molecule has 1 aromatic carbocycles. The Morgan fingerprint density at radius 3 is 2.94 bits per heavy atom. The second-order valence-electron chi connectivity index (χ2n) is 3.50. The molecule has 0 saturated carbocycles. The SMILES string of the molecule is Cl.NCCOc1ccc2c(c1)CCC(=O)N2. The van der Waals surface area contributed by atoms with Crippen LogP contribution in [-0.4, -0.2) is 19.1 Å². The van der Waals surface area contributed by atoms with E-state index in [1.807, 2.05) is 18.2 Å². The number of anilines is 1. The number of amides is 1. The highest BCUT2D eigenvalue weighted by molar-refractivity contribution is 5.93. The molecule has 0 aliphatic carbocycles. The smallest absolute Gasteiger partial charge is 0.224 e. The van der Waals surface area contributed by atoms with Gasteiger partial charge in [0.2, 0.25) is 5.91 Å². The maximum Gasteiger partial charge on any atom is 0.224 e. The average molecular weight is 243 g/mol. The van der Waals surface area contributed by atoms with Crippen LogP contribution in [0.25, 0.3) is 0 Å². The van der Waals surface area contributed by atoms with Gasteiger partial charge in [0.1, 0.15) is 12.4 Å². The fraction of sp³-hybridized carbons (Fsp3) is 0.364. The van der Waals surface area contributed by atoms with E-state index in [4.69, 9.17) is 10.5 Å². The van der Waals surface area contributed by atoms with Crippen LogP contribution >= 0.6 is 12.4 Å². The molecule has 2 rings (SSSR count). The number of carbonyl (C=O) groups is 1. The quantitative estimate of drug-likeness (QED) is 0.841. The number of hydrogen-bond donors (Lipinski definition) is 2. The number of hydrogen-bond acceptors (Lipinski definition) is 3. The van der Waals surface area contributed by atoms with Crippen LogP contribution in [-0.2, 0) is 11.2 Å². The van der Waals surface area contributed by atoms with Crippen molar-refractivity contribution in [3.63, 3.8) is 0 Å². The first-order chi connectivity index (χ1) is 7.29. The minimum absolute atomic E-state index is 0. The molecule has 1 amide bonds. The molecule has 0 aromatic heterocycles. The second-order valence-corrected chi connectivity index (χ2v) is 3.50. The molecule has 1 aliphatic rings. The molecular weight excluding hydrogens is 228 g/mol. The Morgan fingerprint density at radius 2 is 2.19 bits per heavy atom. The van der Waals surface area contributed by atoms with Gasteiger partial charge in [0.05, 0.1) is 0 Å². The second kappa shape index (κ2) is 5.72. The van der Waals surface area contributed by atoms with E-state index in [0.717, 1.165) is 23.4 Å². The highest BCUT2D eigenvalue weighted by atomic mass is 35.5. The van der Waals surface area contributed by atoms with Gasteiger partial charge in [0, 0.05) is 18.7 Å². The van der Waals surface area contributed by atoms with Gasteiger partial charge in [-0.2, -0.15) is 0 Å². The number of fused-ring (bicyclic) bond motifs is 1. The van der Waals surface area contributed by atoms with Crippen molar-refractivity contribution in [2.24, 2.45) is 5.73 Å². The number of benzene rings is 1. The van der Waals surface area contributed by atoms with Gasteiger partial charge in [0.15, 0.2) is 0 Å². The molecule has 0 unspecified atom stereocenters. The lowest BCUT2D eigenvalue weighted by molar-refractivity contribution is -0.116. The highest BCUT2D eigenvalue weighted by Gasteiger charge is 2.14. The fourth-order valence-corrected chi connectivity index (χ4v) is 1.63. The zero-order valence-corrected chi connectivity index (χ0v) is 9.68. The largest absolute Gasteiger partial charge is 0.492 e. The van der Waals surface area contributed by atoms with E-state index in [1.54, 1.807) is 0 Å². The van der Waals surface area contributed by atoms with Crippen molar-refractivity contribution >= 4 is 24.0 Å². The lowest BCUT2D eigenvalue weighted by Crippen LogP contribution is -2.19. The maximum absolute atomic E-state index is 11.1. The molecule has 0 fully saturated rings. The van der Waals surface area contributed by atoms with E-state index in [9.17, 15) is 4.79 Å². The van der Waals surface area contributed by atoms with E-state index in [2.05, 4.69) is 5.32 Å². The molecule has 5 heteroatoms. The van der Waals surface area contributed by atoms with Crippen molar-refractivity contribution in [3.8, 4) is 5.75 Å². The van der Waals surface area contributed by atoms with Gasteiger partial charge >= 0.3 is 0 Å². The normalized spacial score (nSPS) is 13.4. The average Bonchev–Trinajstić information content (AvgIpc) is 2.26. The summed E-state index contributed by atoms with van der Waals surface area (Å²) >= 11 is 0. The predicted molar refractivity (Wildman–Crippen MR) is 65.2 cm³/mol. The zero-order chi connectivity index (χ0) is 10.7. The summed E-state index contributed by atoms with van der Waals surface area (Å²) in [5.41, 5.74) is 7.37. The molecule has 1 aromatic rings. The molecule has 88 valence electrons. The summed E-state index contributed by atoms with van der Waals surface area (Å²) in [6, 6.07) is 5.68. The topological polar surface area (TPSA) is 64.3 Å². The number of aryl methyl sites for hydroxylation is 1. The number of nitrogens with two attached hydrogens (primary N) is 1. The van der Waals surface area contributed by atoms with Gasteiger partial charge in [-0.05, 0) is 30.2 Å². The van der Waals surface area contributed by atoms with E-state index in [0.29, 0.717) is 19.6 Å². The first-order valence-corrected chi connectivity index (χ1v) is 5.05. The van der Waals surface area contributed by atoms with Crippen LogP contribution in [0.1, 0.15) is 12.0 Å². The monoisotopic (exact) mass is 242 g/mol. The van der Waals surface area contributed by atoms with E-state index in [1.165, 1.54) is 0 Å². The molecule has 0 radical (unpaired) electrons. The summed E-state index contributed by atoms with van der Waals surface area (Å²) in [7, 11) is 0. The molecule has 1 heterocycles. The molecule has 4 nitrogen and oxygen atoms in total. The molecule has 16 heavy (non-hydrogen) atoms. The summed E-state index contributed by atoms with van der Waals surface area (Å²) in [6.07, 6.45) is 1.33. The van der Waals surface area contributed by atoms with Gasteiger partial charge in [-0.1, -0.05) is 0 Å². The predicted octanol–water partition coefficient (Wildman–Crippen LogP) is 1.33. The Kier molecular flexibility index (Phi) is 4.58. The van der Waals surface area contributed by atoms with Gasteiger partial charge < -0.3 is 15.8 Å². The summed E-state index contributed by atoms with van der Waals surface area (Å²) in [5, 5.41) is 2.82. The number of carbonyl (C=O) groups excluding carboxylic acids is 1. The lowest BCUT2D eigenvalue weighted by atomic mass is 10.0. The Morgan fingerprint density at radius 1 is 1.38 bits per heavy atom. The third-order valence-corrected chi connectivity index (χ3v) is 2.36. The number of halogens is 1. The van der Waals surface area contributed by atoms with Crippen LogP contribution in [0.15, 0.2) is 18.2 Å². The standard InChI is InChI=1S/C11H14N2O2.ClH/c12-5-6-15-9-2-3-10-8(7-9)1-4-11(14)13-10;/h2-3,7H,1,4-6,12H2,(H,13,14);1H. The number of ether oxygens (including phenoxy) is 1. The van der Waals surface area contributed by atoms with Gasteiger partial charge in [-0.3, -0.25) is 4.79 Å². The van der Waals surface area contributed by atoms with Crippen LogP contribution in [0.3, 0.4) is 0 Å². The maximum atomic E-state index is 11.1. The lowest BCUT2D eigenvalue weighted by Gasteiger charge is -2.17. The fourth-order valence-electron chi connectivity index (χ4n) is 1.63. The number of nitrogens with one attached hydrogen (secondary N) is 1. The van der Waals surface area contributed by atoms with Crippen molar-refractivity contribution in [2.75, 3.05) is 18.5 Å². The first-order valence-electron chi connectivity index (χ1n) is 5.05. The third-order valence-electron chi connectivity index (χ3n) is 2.36. The van der Waals surface area contributed by atoms with Gasteiger partial charge in [0.25, 0.3) is 0 Å². The summed E-state index contributed by atoms with van der Waals surface area (Å²) < 4.78 is 5.41. The molecule has 0 saturated heterocycles. The van der Waals surface area contributed by atoms with Gasteiger partial charge in [-0.15, -0.1) is 12.4 Å². The van der Waals surface area contributed by atoms with Crippen LogP contribution in [0.2, 0.25) is 0 Å². The van der Waals surface area contributed by atoms with Gasteiger partial charge in [-0.25, -0.2) is 0 Å². The molecule has 0 atom stereocenters. The summed E-state index contributed by atoms with van der Waals surface area (Å²) in [5.74, 6) is 0.897. The first kappa shape index (κ1) is 12.8. The Balaban J connectivity index is 0.00000128. The molecule has 3 N–H and O–H groups in total. The van der Waals surface area contributed by atoms with Crippen molar-refractivity contribution < 1.29 is 9.53 Å². The number of rotatable bonds is 3. The molecule has 0 bridgehead atoms. The summed E-state index contributed by atoms with van der Waals surface area (Å²) in [4.78, 5) is 11.1. The van der Waals surface area contributed by atoms with Crippen LogP contribution in [0.4, 0.5) is 5.69 Å². The Hall–Kier alpha value is -1.26. The van der Waals surface area contributed by atoms with Crippen LogP contribution in [0.5, 0.6) is 5.75 Å². The van der Waals surface area contributed by atoms with E-state index >= 15 is 0 Å². The third kappa shape index (κ3) is 2.87. The Labute approximate surface area is 101 Å². The Bertz CT molecular complexity index is 382. The van der Waals surface area contributed by atoms with E-state index < -0.39 is 0 Å². The van der Waals surface area contributed by atoms with Crippen molar-refractivity contribution in [2.45, 2.75) is 12.8 Å². The van der Waals surface area contributed by atoms with Crippen molar-refractivity contribution in [1.29, 1.82) is 0 Å². The van der Waals surface area contributed by atoms with Crippen molar-refractivity contribution in [3.05, 3.63) is 23.8 Å². The van der Waals surface area contributed by atoms with E-state index in [-0.39, 0.29) is 18.3 Å². The molecular formula is C11H15ClN2O2. The molecule has 0 spiro atoms. The minimum atomic E-state index is 0. The minimum Gasteiger partial charge on any atom is -0.492 e. The van der Waals surface area contributed by atoms with Crippen molar-refractivity contribution in [1.82, 2.24) is 0 Å².